The van der Waals surface area contributed by atoms with Crippen molar-refractivity contribution in [2.45, 2.75) is 32.4 Å². The quantitative estimate of drug-likeness (QED) is 0.943. The molecule has 0 bridgehead atoms. The predicted molar refractivity (Wildman–Crippen MR) is 83.5 cm³/mol. The number of hydrogen-bond donors (Lipinski definition) is 1. The van der Waals surface area contributed by atoms with Crippen molar-refractivity contribution in [1.29, 1.82) is 0 Å². The van der Waals surface area contributed by atoms with E-state index in [4.69, 9.17) is 10.2 Å². The topological polar surface area (TPSA) is 55.3 Å². The maximum absolute atomic E-state index is 13.0. The van der Waals surface area contributed by atoms with Gasteiger partial charge in [0, 0.05) is 24.7 Å². The van der Waals surface area contributed by atoms with Gasteiger partial charge in [-0.25, -0.2) is 9.37 Å². The zero-order chi connectivity index (χ0) is 15.5. The first-order valence-corrected chi connectivity index (χ1v) is 7.80. The van der Waals surface area contributed by atoms with E-state index < -0.39 is 0 Å². The number of nitrogens with zero attached hydrogens (tertiary/aromatic N) is 2. The molecule has 5 heteroatoms. The summed E-state index contributed by atoms with van der Waals surface area (Å²) in [6.07, 6.45) is 4.02. The van der Waals surface area contributed by atoms with Crippen molar-refractivity contribution < 1.29 is 8.81 Å². The minimum atomic E-state index is -0.260. The number of likely N-dealkylation sites (tertiary alicyclic amines) is 1. The van der Waals surface area contributed by atoms with Gasteiger partial charge in [0.2, 0.25) is 5.89 Å². The Morgan fingerprint density at radius 1 is 1.36 bits per heavy atom. The minimum absolute atomic E-state index is 0.260. The van der Waals surface area contributed by atoms with Crippen LogP contribution in [0, 0.1) is 11.7 Å². The molecule has 0 aliphatic carbocycles. The highest BCUT2D eigenvalue weighted by atomic mass is 19.1. The summed E-state index contributed by atoms with van der Waals surface area (Å²) in [7, 11) is 0. The van der Waals surface area contributed by atoms with Gasteiger partial charge in [0.05, 0.1) is 5.69 Å². The SMILES string of the molecule is CC1CCN(Cc2coc(-c3ccc(F)cc3)n2)C(CN)C1. The van der Waals surface area contributed by atoms with E-state index in [0.29, 0.717) is 18.5 Å². The monoisotopic (exact) mass is 303 g/mol. The molecule has 2 aromatic rings. The molecule has 3 rings (SSSR count). The van der Waals surface area contributed by atoms with Crippen LogP contribution in [0.3, 0.4) is 0 Å². The van der Waals surface area contributed by atoms with Crippen molar-refractivity contribution in [3.8, 4) is 11.5 Å². The molecule has 4 nitrogen and oxygen atoms in total. The molecule has 1 saturated heterocycles. The number of nitrogens with two attached hydrogens (primary N) is 1. The van der Waals surface area contributed by atoms with Gasteiger partial charge in [-0.05, 0) is 49.6 Å². The molecule has 0 amide bonds. The summed E-state index contributed by atoms with van der Waals surface area (Å²) >= 11 is 0. The molecule has 1 aliphatic rings. The van der Waals surface area contributed by atoms with Crippen LogP contribution in [0.15, 0.2) is 34.9 Å². The summed E-state index contributed by atoms with van der Waals surface area (Å²) in [4.78, 5) is 6.90. The van der Waals surface area contributed by atoms with E-state index in [1.54, 1.807) is 18.4 Å². The molecule has 22 heavy (non-hydrogen) atoms. The highest BCUT2D eigenvalue weighted by molar-refractivity contribution is 5.52. The average Bonchev–Trinajstić information content (AvgIpc) is 2.98. The standard InChI is InChI=1S/C17H22FN3O/c1-12-6-7-21(16(8-12)9-19)10-15-11-22-17(20-15)13-2-4-14(18)5-3-13/h2-5,11-12,16H,6-10,19H2,1H3. The van der Waals surface area contributed by atoms with Crippen LogP contribution in [0.5, 0.6) is 0 Å². The van der Waals surface area contributed by atoms with Gasteiger partial charge in [0.25, 0.3) is 0 Å². The first-order valence-electron chi connectivity index (χ1n) is 7.80. The number of benzene rings is 1. The van der Waals surface area contributed by atoms with E-state index in [-0.39, 0.29) is 5.82 Å². The molecule has 1 aromatic carbocycles. The lowest BCUT2D eigenvalue weighted by molar-refractivity contribution is 0.114. The molecule has 2 unspecified atom stereocenters. The molecule has 2 N–H and O–H groups in total. The van der Waals surface area contributed by atoms with Crippen molar-refractivity contribution in [3.63, 3.8) is 0 Å². The van der Waals surface area contributed by atoms with Gasteiger partial charge in [-0.1, -0.05) is 6.92 Å². The Labute approximate surface area is 130 Å². The van der Waals surface area contributed by atoms with Crippen LogP contribution in [0.1, 0.15) is 25.5 Å². The van der Waals surface area contributed by atoms with Gasteiger partial charge in [0.1, 0.15) is 12.1 Å². The number of oxazole rings is 1. The molecule has 1 fully saturated rings. The van der Waals surface area contributed by atoms with E-state index in [2.05, 4.69) is 16.8 Å². The summed E-state index contributed by atoms with van der Waals surface area (Å²) in [6, 6.07) is 6.59. The first kappa shape index (κ1) is 15.2. The van der Waals surface area contributed by atoms with Gasteiger partial charge in [-0.2, -0.15) is 0 Å². The Kier molecular flexibility index (Phi) is 4.55. The van der Waals surface area contributed by atoms with Gasteiger partial charge in [-0.3, -0.25) is 4.90 Å². The van der Waals surface area contributed by atoms with Crippen LogP contribution in [-0.2, 0) is 6.54 Å². The third-order valence-electron chi connectivity index (χ3n) is 4.38. The molecular formula is C17H22FN3O. The molecule has 118 valence electrons. The minimum Gasteiger partial charge on any atom is -0.444 e. The average molecular weight is 303 g/mol. The summed E-state index contributed by atoms with van der Waals surface area (Å²) in [6.45, 7) is 4.75. The molecule has 0 spiro atoms. The lowest BCUT2D eigenvalue weighted by atomic mass is 9.92. The Balaban J connectivity index is 1.70. The summed E-state index contributed by atoms with van der Waals surface area (Å²) in [5, 5.41) is 0. The zero-order valence-corrected chi connectivity index (χ0v) is 12.8. The maximum atomic E-state index is 13.0. The fourth-order valence-electron chi connectivity index (χ4n) is 3.07. The van der Waals surface area contributed by atoms with E-state index in [1.807, 2.05) is 0 Å². The van der Waals surface area contributed by atoms with Crippen LogP contribution < -0.4 is 5.73 Å². The van der Waals surface area contributed by atoms with Gasteiger partial charge >= 0.3 is 0 Å². The van der Waals surface area contributed by atoms with Crippen molar-refractivity contribution in [2.75, 3.05) is 13.1 Å². The first-order chi connectivity index (χ1) is 10.7. The van der Waals surface area contributed by atoms with Crippen LogP contribution in [0.2, 0.25) is 0 Å². The van der Waals surface area contributed by atoms with Crippen molar-refractivity contribution in [3.05, 3.63) is 42.0 Å². The second kappa shape index (κ2) is 6.58. The Hall–Kier alpha value is -1.72. The molecule has 1 aliphatic heterocycles. The third kappa shape index (κ3) is 3.36. The van der Waals surface area contributed by atoms with Crippen LogP contribution in [0.25, 0.3) is 11.5 Å². The van der Waals surface area contributed by atoms with Crippen molar-refractivity contribution >= 4 is 0 Å². The van der Waals surface area contributed by atoms with Gasteiger partial charge < -0.3 is 10.2 Å². The number of rotatable bonds is 4. The van der Waals surface area contributed by atoms with E-state index >= 15 is 0 Å². The molecule has 0 saturated carbocycles. The number of piperidine rings is 1. The van der Waals surface area contributed by atoms with Crippen molar-refractivity contribution in [1.82, 2.24) is 9.88 Å². The smallest absolute Gasteiger partial charge is 0.226 e. The highest BCUT2D eigenvalue weighted by Crippen LogP contribution is 2.25. The Bertz CT molecular complexity index is 611. The summed E-state index contributed by atoms with van der Waals surface area (Å²) in [5.74, 6) is 1.00. The zero-order valence-electron chi connectivity index (χ0n) is 12.8. The van der Waals surface area contributed by atoms with Crippen LogP contribution in [-0.4, -0.2) is 29.0 Å². The highest BCUT2D eigenvalue weighted by Gasteiger charge is 2.26. The Morgan fingerprint density at radius 2 is 2.14 bits per heavy atom. The fourth-order valence-corrected chi connectivity index (χ4v) is 3.07. The lowest BCUT2D eigenvalue weighted by Gasteiger charge is -2.37. The molecule has 2 atom stereocenters. The number of halogens is 1. The van der Waals surface area contributed by atoms with E-state index in [1.165, 1.54) is 18.6 Å². The molecule has 2 heterocycles. The molecule has 0 radical (unpaired) electrons. The van der Waals surface area contributed by atoms with Crippen molar-refractivity contribution in [2.24, 2.45) is 11.7 Å². The molecule has 1 aromatic heterocycles. The normalized spacial score (nSPS) is 22.9. The second-order valence-electron chi connectivity index (χ2n) is 6.14. The second-order valence-corrected chi connectivity index (χ2v) is 6.14. The summed E-state index contributed by atoms with van der Waals surface area (Å²) < 4.78 is 18.5. The van der Waals surface area contributed by atoms with Crippen LogP contribution in [0.4, 0.5) is 4.39 Å². The Morgan fingerprint density at radius 3 is 2.86 bits per heavy atom. The largest absolute Gasteiger partial charge is 0.444 e. The number of hydrogen-bond acceptors (Lipinski definition) is 4. The van der Waals surface area contributed by atoms with Crippen LogP contribution >= 0.6 is 0 Å². The van der Waals surface area contributed by atoms with Gasteiger partial charge in [-0.15, -0.1) is 0 Å². The fraction of sp³-hybridized carbons (Fsp3) is 0.471. The predicted octanol–water partition coefficient (Wildman–Crippen LogP) is 3.04. The lowest BCUT2D eigenvalue weighted by Crippen LogP contribution is -2.45. The molecular weight excluding hydrogens is 281 g/mol. The maximum Gasteiger partial charge on any atom is 0.226 e. The third-order valence-corrected chi connectivity index (χ3v) is 4.38. The number of aromatic nitrogens is 1. The van der Waals surface area contributed by atoms with E-state index in [9.17, 15) is 4.39 Å². The van der Waals surface area contributed by atoms with E-state index in [0.717, 1.165) is 36.7 Å². The summed E-state index contributed by atoms with van der Waals surface area (Å²) in [5.41, 5.74) is 7.58. The van der Waals surface area contributed by atoms with Gasteiger partial charge in [0.15, 0.2) is 0 Å².